The molecule has 0 bridgehead atoms. The topological polar surface area (TPSA) is 107 Å². The summed E-state index contributed by atoms with van der Waals surface area (Å²) in [6, 6.07) is 13.4. The number of nitrogens with zero attached hydrogens (tertiary/aromatic N) is 1. The van der Waals surface area contributed by atoms with Gasteiger partial charge in [-0.15, -0.1) is 0 Å². The maximum atomic E-state index is 12.6. The number of phenols is 1. The summed E-state index contributed by atoms with van der Waals surface area (Å²) in [6.45, 7) is 0.107. The van der Waals surface area contributed by atoms with Gasteiger partial charge in [0.05, 0.1) is 4.91 Å². The van der Waals surface area contributed by atoms with Crippen LogP contribution in [0.3, 0.4) is 0 Å². The Balaban J connectivity index is 1.56. The highest BCUT2D eigenvalue weighted by molar-refractivity contribution is 8.26. The summed E-state index contributed by atoms with van der Waals surface area (Å²) in [5.74, 6) is -2.37. The Labute approximate surface area is 188 Å². The minimum atomic E-state index is -1.27. The van der Waals surface area contributed by atoms with Gasteiger partial charge in [0.25, 0.3) is 5.91 Å². The molecule has 1 fully saturated rings. The van der Waals surface area contributed by atoms with Crippen LogP contribution in [0.2, 0.25) is 0 Å². The van der Waals surface area contributed by atoms with Gasteiger partial charge < -0.3 is 15.5 Å². The van der Waals surface area contributed by atoms with Gasteiger partial charge in [-0.3, -0.25) is 14.5 Å². The van der Waals surface area contributed by atoms with E-state index in [1.165, 1.54) is 28.8 Å². The third kappa shape index (κ3) is 5.80. The average Bonchev–Trinajstić information content (AvgIpc) is 3.00. The number of amides is 2. The summed E-state index contributed by atoms with van der Waals surface area (Å²) < 4.78 is 0.376. The standard InChI is InChI=1S/C22H18N2O5S2/c25-17-13-15(9-10-16(17)21(28)29)23-19(26)11-12-24-20(27)18(31-22(24)30)8-4-7-14-5-2-1-3-6-14/h1-10,13,25H,11-12H2,(H,23,26)(H,28,29). The Morgan fingerprint density at radius 2 is 1.90 bits per heavy atom. The van der Waals surface area contributed by atoms with Gasteiger partial charge in [0.1, 0.15) is 15.6 Å². The number of thiocarbonyl (C=S) groups is 1. The number of anilines is 1. The number of allylic oxidation sites excluding steroid dienone is 2. The van der Waals surface area contributed by atoms with Gasteiger partial charge >= 0.3 is 5.97 Å². The lowest BCUT2D eigenvalue weighted by Crippen LogP contribution is -2.31. The summed E-state index contributed by atoms with van der Waals surface area (Å²) in [7, 11) is 0. The van der Waals surface area contributed by atoms with Crippen molar-refractivity contribution < 1.29 is 24.6 Å². The van der Waals surface area contributed by atoms with Gasteiger partial charge in [-0.1, -0.05) is 66.5 Å². The number of thioether (sulfide) groups is 1. The Morgan fingerprint density at radius 3 is 2.58 bits per heavy atom. The van der Waals surface area contributed by atoms with Gasteiger partial charge in [0.2, 0.25) is 5.91 Å². The fourth-order valence-electron chi connectivity index (χ4n) is 2.74. The predicted octanol–water partition coefficient (Wildman–Crippen LogP) is 3.88. The molecule has 31 heavy (non-hydrogen) atoms. The number of aromatic hydroxyl groups is 1. The number of carboxylic acids is 1. The molecule has 9 heteroatoms. The fraction of sp³-hybridized carbons (Fsp3) is 0.0909. The van der Waals surface area contributed by atoms with Crippen molar-refractivity contribution in [2.24, 2.45) is 0 Å². The van der Waals surface area contributed by atoms with Crippen LogP contribution in [0.5, 0.6) is 5.75 Å². The first kappa shape index (κ1) is 22.3. The number of carbonyl (C=O) groups excluding carboxylic acids is 2. The molecule has 3 rings (SSSR count). The number of carbonyl (C=O) groups is 3. The SMILES string of the molecule is O=C(CCN1C(=O)C(=CC=Cc2ccccc2)SC1=S)Nc1ccc(C(=O)O)c(O)c1. The lowest BCUT2D eigenvalue weighted by atomic mass is 10.2. The van der Waals surface area contributed by atoms with Gasteiger partial charge in [0.15, 0.2) is 0 Å². The molecule has 0 radical (unpaired) electrons. The molecular weight excluding hydrogens is 436 g/mol. The number of benzene rings is 2. The van der Waals surface area contributed by atoms with Crippen molar-refractivity contribution in [3.8, 4) is 5.75 Å². The zero-order chi connectivity index (χ0) is 22.4. The van der Waals surface area contributed by atoms with E-state index in [0.717, 1.165) is 11.6 Å². The van der Waals surface area contributed by atoms with Crippen molar-refractivity contribution in [3.63, 3.8) is 0 Å². The van der Waals surface area contributed by atoms with Gasteiger partial charge in [-0.25, -0.2) is 4.79 Å². The monoisotopic (exact) mass is 454 g/mol. The summed E-state index contributed by atoms with van der Waals surface area (Å²) in [6.07, 6.45) is 5.34. The first-order valence-electron chi connectivity index (χ1n) is 9.18. The van der Waals surface area contributed by atoms with E-state index in [9.17, 15) is 19.5 Å². The van der Waals surface area contributed by atoms with Crippen LogP contribution >= 0.6 is 24.0 Å². The zero-order valence-corrected chi connectivity index (χ0v) is 17.8. The first-order chi connectivity index (χ1) is 14.8. The summed E-state index contributed by atoms with van der Waals surface area (Å²) in [4.78, 5) is 37.5. The first-order valence-corrected chi connectivity index (χ1v) is 10.4. The van der Waals surface area contributed by atoms with E-state index in [4.69, 9.17) is 17.3 Å². The third-order valence-corrected chi connectivity index (χ3v) is 5.68. The van der Waals surface area contributed by atoms with Crippen LogP contribution in [-0.2, 0) is 9.59 Å². The number of carboxylic acid groups (broad SMARTS) is 1. The van der Waals surface area contributed by atoms with Crippen LogP contribution in [0.25, 0.3) is 6.08 Å². The number of nitrogens with one attached hydrogen (secondary N) is 1. The second-order valence-corrected chi connectivity index (χ2v) is 8.14. The second kappa shape index (κ2) is 10.1. The van der Waals surface area contributed by atoms with Crippen LogP contribution < -0.4 is 5.32 Å². The Bertz CT molecular complexity index is 1100. The normalized spacial score (nSPS) is 15.1. The van der Waals surface area contributed by atoms with Gasteiger partial charge in [0, 0.05) is 24.7 Å². The number of aromatic carboxylic acids is 1. The summed E-state index contributed by atoms with van der Waals surface area (Å²) in [5, 5.41) is 21.2. The zero-order valence-electron chi connectivity index (χ0n) is 16.1. The Kier molecular flexibility index (Phi) is 7.22. The maximum absolute atomic E-state index is 12.6. The highest BCUT2D eigenvalue weighted by Gasteiger charge is 2.31. The third-order valence-electron chi connectivity index (χ3n) is 4.28. The van der Waals surface area contributed by atoms with E-state index in [1.807, 2.05) is 36.4 Å². The molecule has 0 atom stereocenters. The quantitative estimate of drug-likeness (QED) is 0.431. The van der Waals surface area contributed by atoms with Crippen molar-refractivity contribution in [1.29, 1.82) is 0 Å². The lowest BCUT2D eigenvalue weighted by Gasteiger charge is -2.14. The highest BCUT2D eigenvalue weighted by Crippen LogP contribution is 2.31. The van der Waals surface area contributed by atoms with Crippen molar-refractivity contribution in [1.82, 2.24) is 4.90 Å². The molecule has 0 saturated carbocycles. The van der Waals surface area contributed by atoms with E-state index in [-0.39, 0.29) is 30.1 Å². The molecule has 7 nitrogen and oxygen atoms in total. The van der Waals surface area contributed by atoms with Crippen LogP contribution in [0.15, 0.2) is 65.6 Å². The van der Waals surface area contributed by atoms with Crippen molar-refractivity contribution in [2.45, 2.75) is 6.42 Å². The molecule has 1 aliphatic heterocycles. The molecule has 0 spiro atoms. The molecule has 2 aromatic rings. The van der Waals surface area contributed by atoms with E-state index < -0.39 is 17.6 Å². The Morgan fingerprint density at radius 1 is 1.16 bits per heavy atom. The minimum absolute atomic E-state index is 0.0129. The number of rotatable bonds is 7. The summed E-state index contributed by atoms with van der Waals surface area (Å²) in [5.41, 5.74) is 1.00. The molecule has 2 aromatic carbocycles. The van der Waals surface area contributed by atoms with Gasteiger partial charge in [-0.2, -0.15) is 0 Å². The average molecular weight is 455 g/mol. The minimum Gasteiger partial charge on any atom is -0.507 e. The lowest BCUT2D eigenvalue weighted by molar-refractivity contribution is -0.122. The van der Waals surface area contributed by atoms with Crippen LogP contribution in [0.4, 0.5) is 5.69 Å². The molecule has 3 N–H and O–H groups in total. The molecule has 1 aliphatic rings. The van der Waals surface area contributed by atoms with Gasteiger partial charge in [-0.05, 0) is 23.8 Å². The van der Waals surface area contributed by atoms with Crippen molar-refractivity contribution >= 4 is 57.8 Å². The molecule has 1 heterocycles. The molecule has 0 unspecified atom stereocenters. The summed E-state index contributed by atoms with van der Waals surface area (Å²) >= 11 is 6.43. The molecule has 0 aromatic heterocycles. The van der Waals surface area contributed by atoms with E-state index in [2.05, 4.69) is 5.32 Å². The number of hydrogen-bond donors (Lipinski definition) is 3. The van der Waals surface area contributed by atoms with Crippen LogP contribution in [0.1, 0.15) is 22.3 Å². The smallest absolute Gasteiger partial charge is 0.339 e. The largest absolute Gasteiger partial charge is 0.507 e. The fourth-order valence-corrected chi connectivity index (χ4v) is 4.00. The van der Waals surface area contributed by atoms with Crippen LogP contribution in [-0.4, -0.2) is 43.8 Å². The molecule has 2 amide bonds. The molecule has 0 aliphatic carbocycles. The predicted molar refractivity (Wildman–Crippen MR) is 124 cm³/mol. The van der Waals surface area contributed by atoms with Crippen molar-refractivity contribution in [2.75, 3.05) is 11.9 Å². The maximum Gasteiger partial charge on any atom is 0.339 e. The van der Waals surface area contributed by atoms with E-state index in [0.29, 0.717) is 9.23 Å². The molecular formula is C22H18N2O5S2. The molecule has 1 saturated heterocycles. The highest BCUT2D eigenvalue weighted by atomic mass is 32.2. The van der Waals surface area contributed by atoms with E-state index in [1.54, 1.807) is 12.2 Å². The molecule has 158 valence electrons. The van der Waals surface area contributed by atoms with Crippen molar-refractivity contribution in [3.05, 3.63) is 76.7 Å². The second-order valence-electron chi connectivity index (χ2n) is 6.46. The number of hydrogen-bond acceptors (Lipinski definition) is 6. The Hall–Kier alpha value is -3.43. The van der Waals surface area contributed by atoms with Crippen LogP contribution in [0, 0.1) is 0 Å². The van der Waals surface area contributed by atoms with E-state index >= 15 is 0 Å².